The van der Waals surface area contributed by atoms with Crippen LogP contribution >= 0.6 is 0 Å². The number of anilines is 2. The van der Waals surface area contributed by atoms with Gasteiger partial charge in [-0.2, -0.15) is 10.4 Å². The van der Waals surface area contributed by atoms with Crippen molar-refractivity contribution >= 4 is 11.6 Å². The number of nitrogens with two attached hydrogens (primary N) is 1. The number of nitriles is 1. The zero-order valence-corrected chi connectivity index (χ0v) is 11.8. The van der Waals surface area contributed by atoms with Crippen LogP contribution in [0.25, 0.3) is 0 Å². The molecule has 0 radical (unpaired) electrons. The van der Waals surface area contributed by atoms with Gasteiger partial charge in [0.2, 0.25) is 0 Å². The molecule has 0 aliphatic carbocycles. The molecule has 0 spiro atoms. The summed E-state index contributed by atoms with van der Waals surface area (Å²) < 4.78 is 1.77. The maximum atomic E-state index is 9.30. The van der Waals surface area contributed by atoms with Crippen LogP contribution in [0.1, 0.15) is 25.3 Å². The second-order valence-corrected chi connectivity index (χ2v) is 5.06. The van der Waals surface area contributed by atoms with Crippen LogP contribution in [-0.2, 0) is 6.54 Å². The minimum Gasteiger partial charge on any atom is -0.383 e. The first kappa shape index (κ1) is 13.7. The van der Waals surface area contributed by atoms with Crippen LogP contribution in [0.5, 0.6) is 0 Å². The number of piperazine rings is 1. The fourth-order valence-corrected chi connectivity index (χ4v) is 2.29. The molecular weight excluding hydrogens is 240 g/mol. The van der Waals surface area contributed by atoms with Crippen molar-refractivity contribution < 1.29 is 0 Å². The Morgan fingerprint density at radius 1 is 1.32 bits per heavy atom. The van der Waals surface area contributed by atoms with Crippen molar-refractivity contribution in [3.63, 3.8) is 0 Å². The summed E-state index contributed by atoms with van der Waals surface area (Å²) in [5.74, 6) is 1.26. The highest BCUT2D eigenvalue weighted by Gasteiger charge is 2.23. The highest BCUT2D eigenvalue weighted by molar-refractivity contribution is 5.65. The molecule has 1 aromatic rings. The molecule has 1 aliphatic heterocycles. The minimum atomic E-state index is 0.505. The molecule has 2 heterocycles. The largest absolute Gasteiger partial charge is 0.383 e. The van der Waals surface area contributed by atoms with Crippen molar-refractivity contribution in [2.75, 3.05) is 43.9 Å². The Bertz CT molecular complexity index is 464. The molecule has 1 aromatic heterocycles. The molecule has 0 atom stereocenters. The molecule has 2 rings (SSSR count). The summed E-state index contributed by atoms with van der Waals surface area (Å²) >= 11 is 0. The molecule has 6 nitrogen and oxygen atoms in total. The van der Waals surface area contributed by atoms with E-state index in [0.29, 0.717) is 11.4 Å². The van der Waals surface area contributed by atoms with Gasteiger partial charge in [-0.05, 0) is 13.5 Å². The predicted molar refractivity (Wildman–Crippen MR) is 76.0 cm³/mol. The molecule has 1 fully saturated rings. The second kappa shape index (κ2) is 5.93. The molecule has 1 saturated heterocycles. The highest BCUT2D eigenvalue weighted by Crippen LogP contribution is 2.25. The number of nitrogens with zero attached hydrogens (tertiary/aromatic N) is 5. The van der Waals surface area contributed by atoms with Gasteiger partial charge in [-0.3, -0.25) is 0 Å². The van der Waals surface area contributed by atoms with Crippen LogP contribution in [0.15, 0.2) is 0 Å². The lowest BCUT2D eigenvalue weighted by Crippen LogP contribution is -2.45. The summed E-state index contributed by atoms with van der Waals surface area (Å²) in [4.78, 5) is 4.44. The van der Waals surface area contributed by atoms with Crippen molar-refractivity contribution in [1.29, 1.82) is 5.26 Å². The Morgan fingerprint density at radius 3 is 2.58 bits per heavy atom. The zero-order chi connectivity index (χ0) is 13.8. The van der Waals surface area contributed by atoms with Gasteiger partial charge < -0.3 is 15.5 Å². The van der Waals surface area contributed by atoms with Gasteiger partial charge >= 0.3 is 0 Å². The van der Waals surface area contributed by atoms with Crippen LogP contribution in [0, 0.1) is 11.3 Å². The van der Waals surface area contributed by atoms with Crippen molar-refractivity contribution in [2.45, 2.75) is 26.3 Å². The third-order valence-electron chi connectivity index (χ3n) is 3.61. The monoisotopic (exact) mass is 262 g/mol. The third-order valence-corrected chi connectivity index (χ3v) is 3.61. The van der Waals surface area contributed by atoms with Gasteiger partial charge in [0.05, 0.1) is 0 Å². The SMILES string of the molecule is CCCCn1nc(N2CCN(C)CC2)c(C#N)c1N. The number of hydrogen-bond donors (Lipinski definition) is 1. The maximum absolute atomic E-state index is 9.30. The molecule has 104 valence electrons. The van der Waals surface area contributed by atoms with Crippen LogP contribution in [0.2, 0.25) is 0 Å². The van der Waals surface area contributed by atoms with Gasteiger partial charge in [0.15, 0.2) is 5.82 Å². The fraction of sp³-hybridized carbons (Fsp3) is 0.692. The van der Waals surface area contributed by atoms with Gasteiger partial charge in [-0.15, -0.1) is 0 Å². The Kier molecular flexibility index (Phi) is 4.27. The third kappa shape index (κ3) is 2.82. The average Bonchev–Trinajstić information content (AvgIpc) is 2.73. The quantitative estimate of drug-likeness (QED) is 0.872. The van der Waals surface area contributed by atoms with E-state index in [4.69, 9.17) is 5.73 Å². The van der Waals surface area contributed by atoms with Crippen molar-refractivity contribution in [3.8, 4) is 6.07 Å². The van der Waals surface area contributed by atoms with E-state index in [9.17, 15) is 5.26 Å². The average molecular weight is 262 g/mol. The minimum absolute atomic E-state index is 0.505. The molecule has 2 N–H and O–H groups in total. The highest BCUT2D eigenvalue weighted by atomic mass is 15.4. The van der Waals surface area contributed by atoms with Crippen LogP contribution in [0.3, 0.4) is 0 Å². The summed E-state index contributed by atoms with van der Waals surface area (Å²) in [6, 6.07) is 2.21. The number of unbranched alkanes of at least 4 members (excludes halogenated alkanes) is 1. The molecule has 0 bridgehead atoms. The number of aromatic nitrogens is 2. The van der Waals surface area contributed by atoms with Crippen molar-refractivity contribution in [2.24, 2.45) is 0 Å². The van der Waals surface area contributed by atoms with E-state index < -0.39 is 0 Å². The number of aryl methyl sites for hydroxylation is 1. The number of rotatable bonds is 4. The Hall–Kier alpha value is -1.74. The van der Waals surface area contributed by atoms with Gasteiger partial charge in [0.1, 0.15) is 17.5 Å². The lowest BCUT2D eigenvalue weighted by atomic mass is 10.2. The van der Waals surface area contributed by atoms with E-state index in [1.807, 2.05) is 0 Å². The van der Waals surface area contributed by atoms with Gasteiger partial charge in [-0.25, -0.2) is 4.68 Å². The van der Waals surface area contributed by atoms with Crippen molar-refractivity contribution in [1.82, 2.24) is 14.7 Å². The molecule has 0 amide bonds. The summed E-state index contributed by atoms with van der Waals surface area (Å²) in [6.07, 6.45) is 2.12. The van der Waals surface area contributed by atoms with E-state index in [0.717, 1.165) is 51.4 Å². The molecular formula is C13H22N6. The van der Waals surface area contributed by atoms with Gasteiger partial charge in [0, 0.05) is 32.7 Å². The smallest absolute Gasteiger partial charge is 0.171 e. The summed E-state index contributed by atoms with van der Waals surface area (Å²) in [5.41, 5.74) is 6.56. The van der Waals surface area contributed by atoms with Crippen LogP contribution in [-0.4, -0.2) is 47.9 Å². The predicted octanol–water partition coefficient (Wildman–Crippen LogP) is 0.889. The zero-order valence-electron chi connectivity index (χ0n) is 11.8. The van der Waals surface area contributed by atoms with E-state index in [-0.39, 0.29) is 0 Å². The summed E-state index contributed by atoms with van der Waals surface area (Å²) in [5, 5.41) is 13.8. The van der Waals surface area contributed by atoms with E-state index in [1.54, 1.807) is 4.68 Å². The Morgan fingerprint density at radius 2 is 2.00 bits per heavy atom. The topological polar surface area (TPSA) is 74.1 Å². The molecule has 0 unspecified atom stereocenters. The second-order valence-electron chi connectivity index (χ2n) is 5.06. The van der Waals surface area contributed by atoms with Gasteiger partial charge in [-0.1, -0.05) is 13.3 Å². The summed E-state index contributed by atoms with van der Waals surface area (Å²) in [6.45, 7) is 6.70. The number of likely N-dealkylation sites (N-methyl/N-ethyl adjacent to an activating group) is 1. The maximum Gasteiger partial charge on any atom is 0.171 e. The number of nitrogen functional groups attached to an aromatic ring is 1. The van der Waals surface area contributed by atoms with E-state index in [1.165, 1.54) is 0 Å². The first-order valence-corrected chi connectivity index (χ1v) is 6.87. The molecule has 0 aromatic carbocycles. The molecule has 19 heavy (non-hydrogen) atoms. The fourth-order valence-electron chi connectivity index (χ4n) is 2.29. The lowest BCUT2D eigenvalue weighted by molar-refractivity contribution is 0.311. The molecule has 0 saturated carbocycles. The van der Waals surface area contributed by atoms with Gasteiger partial charge in [0.25, 0.3) is 0 Å². The van der Waals surface area contributed by atoms with Crippen LogP contribution < -0.4 is 10.6 Å². The lowest BCUT2D eigenvalue weighted by Gasteiger charge is -2.32. The first-order valence-electron chi connectivity index (χ1n) is 6.87. The van der Waals surface area contributed by atoms with E-state index in [2.05, 4.69) is 34.9 Å². The Balaban J connectivity index is 2.22. The van der Waals surface area contributed by atoms with E-state index >= 15 is 0 Å². The van der Waals surface area contributed by atoms with Crippen molar-refractivity contribution in [3.05, 3.63) is 5.56 Å². The molecule has 1 aliphatic rings. The Labute approximate surface area is 114 Å². The normalized spacial score (nSPS) is 16.6. The summed E-state index contributed by atoms with van der Waals surface area (Å²) in [7, 11) is 2.11. The first-order chi connectivity index (χ1) is 9.17. The molecule has 6 heteroatoms. The van der Waals surface area contributed by atoms with Crippen LogP contribution in [0.4, 0.5) is 11.6 Å². The number of hydrogen-bond acceptors (Lipinski definition) is 5. The standard InChI is InChI=1S/C13H22N6/c1-3-4-5-19-12(15)11(10-14)13(16-19)18-8-6-17(2)7-9-18/h3-9,15H2,1-2H3.